The number of anilines is 1. The predicted octanol–water partition coefficient (Wildman–Crippen LogP) is 4.08. The molecular formula is C20H22N4O3S4. The van der Waals surface area contributed by atoms with Crippen molar-refractivity contribution in [1.82, 2.24) is 14.9 Å². The Labute approximate surface area is 193 Å². The van der Waals surface area contributed by atoms with E-state index in [4.69, 9.17) is 0 Å². The molecule has 3 aromatic rings. The van der Waals surface area contributed by atoms with Gasteiger partial charge in [0.2, 0.25) is 21.1 Å². The number of thioether (sulfide) groups is 1. The van der Waals surface area contributed by atoms with E-state index in [9.17, 15) is 13.2 Å². The van der Waals surface area contributed by atoms with Crippen LogP contribution in [-0.2, 0) is 33.4 Å². The number of carbonyl (C=O) groups is 1. The summed E-state index contributed by atoms with van der Waals surface area (Å²) in [6.07, 6.45) is 4.17. The first kappa shape index (κ1) is 22.4. The molecule has 1 aliphatic carbocycles. The maximum absolute atomic E-state index is 12.6. The molecule has 31 heavy (non-hydrogen) atoms. The molecule has 2 aromatic heterocycles. The number of carbonyl (C=O) groups excluding carboxylic acids is 1. The van der Waals surface area contributed by atoms with Crippen molar-refractivity contribution in [2.75, 3.05) is 11.9 Å². The number of hydrogen-bond acceptors (Lipinski definition) is 8. The Balaban J connectivity index is 1.24. The van der Waals surface area contributed by atoms with Crippen molar-refractivity contribution >= 4 is 55.5 Å². The van der Waals surface area contributed by atoms with Gasteiger partial charge in [-0.25, -0.2) is 13.1 Å². The number of amides is 1. The van der Waals surface area contributed by atoms with Crippen LogP contribution in [0.4, 0.5) is 5.13 Å². The second-order valence-corrected chi connectivity index (χ2v) is 12.1. The van der Waals surface area contributed by atoms with Crippen LogP contribution in [0.3, 0.4) is 0 Å². The SMILES string of the molecule is O=C(CCNS(=O)(=O)c1ccc2c(c1)CCCC2)Nc1nnc(SCc2cccs2)s1. The van der Waals surface area contributed by atoms with Gasteiger partial charge in [0.05, 0.1) is 4.90 Å². The molecule has 0 saturated heterocycles. The van der Waals surface area contributed by atoms with Crippen LogP contribution in [0, 0.1) is 0 Å². The third-order valence-electron chi connectivity index (χ3n) is 4.85. The molecule has 0 saturated carbocycles. The molecule has 1 aliphatic rings. The van der Waals surface area contributed by atoms with Gasteiger partial charge in [0.15, 0.2) is 4.34 Å². The number of aryl methyl sites for hydroxylation is 2. The van der Waals surface area contributed by atoms with Crippen molar-refractivity contribution in [3.05, 3.63) is 51.7 Å². The first-order valence-electron chi connectivity index (χ1n) is 9.89. The highest BCUT2D eigenvalue weighted by atomic mass is 32.2. The van der Waals surface area contributed by atoms with Crippen LogP contribution in [-0.4, -0.2) is 31.1 Å². The molecule has 0 fully saturated rings. The zero-order valence-corrected chi connectivity index (χ0v) is 19.9. The minimum Gasteiger partial charge on any atom is -0.300 e. The van der Waals surface area contributed by atoms with E-state index in [2.05, 4.69) is 26.3 Å². The summed E-state index contributed by atoms with van der Waals surface area (Å²) in [5, 5.41) is 13.2. The average molecular weight is 495 g/mol. The number of hydrogen-bond donors (Lipinski definition) is 2. The van der Waals surface area contributed by atoms with E-state index < -0.39 is 10.0 Å². The van der Waals surface area contributed by atoms with Gasteiger partial charge in [-0.1, -0.05) is 35.2 Å². The summed E-state index contributed by atoms with van der Waals surface area (Å²) in [6.45, 7) is 0.0179. The summed E-state index contributed by atoms with van der Waals surface area (Å²) in [4.78, 5) is 13.7. The second-order valence-electron chi connectivity index (χ2n) is 7.07. The van der Waals surface area contributed by atoms with E-state index >= 15 is 0 Å². The van der Waals surface area contributed by atoms with Crippen LogP contribution in [0.15, 0.2) is 44.9 Å². The third-order valence-corrected chi connectivity index (χ3v) is 9.38. The number of nitrogens with zero attached hydrogens (tertiary/aromatic N) is 2. The summed E-state index contributed by atoms with van der Waals surface area (Å²) < 4.78 is 28.4. The monoisotopic (exact) mass is 494 g/mol. The number of nitrogens with one attached hydrogen (secondary N) is 2. The first-order valence-corrected chi connectivity index (χ1v) is 14.1. The van der Waals surface area contributed by atoms with Crippen molar-refractivity contribution in [2.24, 2.45) is 0 Å². The molecule has 2 heterocycles. The van der Waals surface area contributed by atoms with Crippen LogP contribution in [0.1, 0.15) is 35.3 Å². The highest BCUT2D eigenvalue weighted by Crippen LogP contribution is 2.29. The van der Waals surface area contributed by atoms with Crippen LogP contribution in [0.2, 0.25) is 0 Å². The summed E-state index contributed by atoms with van der Waals surface area (Å²) in [7, 11) is -3.64. The van der Waals surface area contributed by atoms with Crippen LogP contribution >= 0.6 is 34.4 Å². The van der Waals surface area contributed by atoms with E-state index in [1.54, 1.807) is 35.2 Å². The average Bonchev–Trinajstić information content (AvgIpc) is 3.43. The fraction of sp³-hybridized carbons (Fsp3) is 0.350. The normalized spacial score (nSPS) is 13.7. The third kappa shape index (κ3) is 6.13. The van der Waals surface area contributed by atoms with Gasteiger partial charge >= 0.3 is 0 Å². The van der Waals surface area contributed by atoms with E-state index in [-0.39, 0.29) is 23.8 Å². The largest absolute Gasteiger partial charge is 0.300 e. The smallest absolute Gasteiger partial charge is 0.240 e. The summed E-state index contributed by atoms with van der Waals surface area (Å²) in [6, 6.07) is 9.37. The molecular weight excluding hydrogens is 473 g/mol. The lowest BCUT2D eigenvalue weighted by molar-refractivity contribution is -0.116. The number of rotatable bonds is 9. The number of benzene rings is 1. The molecule has 1 amide bonds. The second kappa shape index (κ2) is 10.2. The Morgan fingerprint density at radius 2 is 1.97 bits per heavy atom. The van der Waals surface area contributed by atoms with E-state index in [1.807, 2.05) is 17.5 Å². The van der Waals surface area contributed by atoms with E-state index in [1.165, 1.54) is 21.8 Å². The maximum atomic E-state index is 12.6. The van der Waals surface area contributed by atoms with Crippen molar-refractivity contribution in [1.29, 1.82) is 0 Å². The number of aromatic nitrogens is 2. The Kier molecular flexibility index (Phi) is 7.39. The van der Waals surface area contributed by atoms with Gasteiger partial charge in [0.1, 0.15) is 0 Å². The summed E-state index contributed by atoms with van der Waals surface area (Å²) in [5.41, 5.74) is 2.34. The van der Waals surface area contributed by atoms with Gasteiger partial charge in [0, 0.05) is 23.6 Å². The molecule has 164 valence electrons. The van der Waals surface area contributed by atoms with Gasteiger partial charge in [0.25, 0.3) is 0 Å². The lowest BCUT2D eigenvalue weighted by atomic mass is 9.92. The molecule has 4 rings (SSSR count). The van der Waals surface area contributed by atoms with Gasteiger partial charge < -0.3 is 5.32 Å². The van der Waals surface area contributed by atoms with Crippen molar-refractivity contribution < 1.29 is 13.2 Å². The minimum atomic E-state index is -3.64. The topological polar surface area (TPSA) is 101 Å². The highest BCUT2D eigenvalue weighted by molar-refractivity contribution is 8.00. The van der Waals surface area contributed by atoms with Crippen molar-refractivity contribution in [3.63, 3.8) is 0 Å². The van der Waals surface area contributed by atoms with Crippen molar-refractivity contribution in [3.8, 4) is 0 Å². The molecule has 0 bridgehead atoms. The standard InChI is InChI=1S/C20H22N4O3S4/c25-18(22-19-23-24-20(30-19)29-13-16-6-3-11-28-16)9-10-21-31(26,27)17-8-7-14-4-1-2-5-15(14)12-17/h3,6-8,11-12,21H,1-2,4-5,9-10,13H2,(H,22,23,25). The Hall–Kier alpha value is -1.79. The number of fused-ring (bicyclic) bond motifs is 1. The Morgan fingerprint density at radius 1 is 1.13 bits per heavy atom. The van der Waals surface area contributed by atoms with Crippen LogP contribution in [0.25, 0.3) is 0 Å². The molecule has 0 aliphatic heterocycles. The molecule has 0 unspecified atom stereocenters. The zero-order valence-electron chi connectivity index (χ0n) is 16.7. The molecule has 0 atom stereocenters. The van der Waals surface area contributed by atoms with Gasteiger partial charge in [-0.05, 0) is 60.4 Å². The van der Waals surface area contributed by atoms with Gasteiger partial charge in [-0.3, -0.25) is 4.79 Å². The van der Waals surface area contributed by atoms with Gasteiger partial charge in [-0.15, -0.1) is 21.5 Å². The Bertz CT molecular complexity index is 1140. The fourth-order valence-electron chi connectivity index (χ4n) is 3.29. The van der Waals surface area contributed by atoms with E-state index in [0.29, 0.717) is 5.13 Å². The first-order chi connectivity index (χ1) is 15.0. The van der Waals surface area contributed by atoms with Gasteiger partial charge in [-0.2, -0.15) is 0 Å². The molecule has 1 aromatic carbocycles. The quantitative estimate of drug-likeness (QED) is 0.343. The van der Waals surface area contributed by atoms with E-state index in [0.717, 1.165) is 41.3 Å². The summed E-state index contributed by atoms with van der Waals surface area (Å²) >= 11 is 4.56. The predicted molar refractivity (Wildman–Crippen MR) is 125 cm³/mol. The maximum Gasteiger partial charge on any atom is 0.240 e. The van der Waals surface area contributed by atoms with Crippen molar-refractivity contribution in [2.45, 2.75) is 47.1 Å². The number of sulfonamides is 1. The lowest BCUT2D eigenvalue weighted by Crippen LogP contribution is -2.28. The van der Waals surface area contributed by atoms with Crippen LogP contribution < -0.4 is 10.0 Å². The molecule has 7 nitrogen and oxygen atoms in total. The van der Waals surface area contributed by atoms with Crippen LogP contribution in [0.5, 0.6) is 0 Å². The molecule has 0 spiro atoms. The number of thiophene rings is 1. The Morgan fingerprint density at radius 3 is 2.77 bits per heavy atom. The zero-order chi connectivity index (χ0) is 21.7. The fourth-order valence-corrected chi connectivity index (χ4v) is 6.91. The molecule has 11 heteroatoms. The lowest BCUT2D eigenvalue weighted by Gasteiger charge is -2.16. The summed E-state index contributed by atoms with van der Waals surface area (Å²) in [5.74, 6) is 0.504. The highest BCUT2D eigenvalue weighted by Gasteiger charge is 2.18. The molecule has 2 N–H and O–H groups in total. The minimum absolute atomic E-state index is 0.0153. The molecule has 0 radical (unpaired) electrons.